The van der Waals surface area contributed by atoms with E-state index in [1.165, 1.54) is 16.8 Å². The molecule has 1 rings (SSSR count). The van der Waals surface area contributed by atoms with Crippen molar-refractivity contribution in [2.45, 2.75) is 6.54 Å². The molecule has 0 N–H and O–H groups in total. The Morgan fingerprint density at radius 1 is 1.62 bits per heavy atom. The standard InChI is InChI=1S/C8H9IN2O2/c1-3-4-11-7(12)6(9)5-10(2)8(11)13/h3,5H,1,4H2,2H3. The van der Waals surface area contributed by atoms with Crippen LogP contribution in [-0.2, 0) is 13.6 Å². The zero-order chi connectivity index (χ0) is 10.0. The first-order valence-electron chi connectivity index (χ1n) is 3.64. The molecule has 1 aromatic heterocycles. The minimum atomic E-state index is -0.315. The fourth-order valence-corrected chi connectivity index (χ4v) is 1.69. The smallest absolute Gasteiger partial charge is 0.302 e. The second-order valence-corrected chi connectivity index (χ2v) is 3.74. The molecule has 0 fully saturated rings. The Balaban J connectivity index is 3.56. The zero-order valence-corrected chi connectivity index (χ0v) is 9.32. The Labute approximate surface area is 88.6 Å². The Morgan fingerprint density at radius 2 is 2.23 bits per heavy atom. The van der Waals surface area contributed by atoms with Gasteiger partial charge in [0, 0.05) is 19.8 Å². The largest absolute Gasteiger partial charge is 0.331 e. The Hall–Kier alpha value is -0.850. The van der Waals surface area contributed by atoms with Crippen LogP contribution < -0.4 is 11.2 Å². The summed E-state index contributed by atoms with van der Waals surface area (Å²) in [7, 11) is 1.61. The fourth-order valence-electron chi connectivity index (χ4n) is 0.977. The molecule has 0 aliphatic rings. The van der Waals surface area contributed by atoms with E-state index >= 15 is 0 Å². The number of aryl methyl sites for hydroxylation is 1. The second-order valence-electron chi connectivity index (χ2n) is 2.57. The highest BCUT2D eigenvalue weighted by Crippen LogP contribution is 1.92. The first-order valence-corrected chi connectivity index (χ1v) is 4.72. The van der Waals surface area contributed by atoms with E-state index in [1.807, 2.05) is 22.6 Å². The predicted octanol–water partition coefficient (Wildman–Crippen LogP) is 0.338. The molecule has 0 aromatic carbocycles. The first-order chi connectivity index (χ1) is 6.07. The van der Waals surface area contributed by atoms with Crippen molar-refractivity contribution in [3.05, 3.63) is 43.3 Å². The molecule has 0 radical (unpaired) electrons. The highest BCUT2D eigenvalue weighted by atomic mass is 127. The maximum absolute atomic E-state index is 11.4. The van der Waals surface area contributed by atoms with Gasteiger partial charge in [-0.1, -0.05) is 6.08 Å². The number of halogens is 1. The molecule has 0 atom stereocenters. The molecule has 0 aliphatic carbocycles. The lowest BCUT2D eigenvalue weighted by atomic mass is 10.5. The normalized spacial score (nSPS) is 10.0. The number of hydrogen-bond acceptors (Lipinski definition) is 2. The van der Waals surface area contributed by atoms with Crippen molar-refractivity contribution in [3.8, 4) is 0 Å². The summed E-state index contributed by atoms with van der Waals surface area (Å²) in [6.45, 7) is 3.74. The average Bonchev–Trinajstić information content (AvgIpc) is 2.09. The third-order valence-electron chi connectivity index (χ3n) is 1.60. The fraction of sp³-hybridized carbons (Fsp3) is 0.250. The quantitative estimate of drug-likeness (QED) is 0.583. The summed E-state index contributed by atoms with van der Waals surface area (Å²) in [5.41, 5.74) is -0.575. The van der Waals surface area contributed by atoms with Gasteiger partial charge < -0.3 is 4.57 Å². The summed E-state index contributed by atoms with van der Waals surface area (Å²) in [5, 5.41) is 0. The van der Waals surface area contributed by atoms with Gasteiger partial charge in [-0.25, -0.2) is 4.79 Å². The van der Waals surface area contributed by atoms with Crippen LogP contribution in [0.4, 0.5) is 0 Å². The maximum atomic E-state index is 11.4. The van der Waals surface area contributed by atoms with Crippen LogP contribution in [0.15, 0.2) is 28.4 Å². The number of nitrogens with zero attached hydrogens (tertiary/aromatic N) is 2. The molecule has 0 bridgehead atoms. The lowest BCUT2D eigenvalue weighted by Gasteiger charge is -2.04. The van der Waals surface area contributed by atoms with Crippen LogP contribution >= 0.6 is 22.6 Å². The molecule has 13 heavy (non-hydrogen) atoms. The Kier molecular flexibility index (Phi) is 3.07. The monoisotopic (exact) mass is 292 g/mol. The van der Waals surface area contributed by atoms with Crippen LogP contribution in [0.5, 0.6) is 0 Å². The molecule has 5 heteroatoms. The van der Waals surface area contributed by atoms with E-state index in [2.05, 4.69) is 6.58 Å². The van der Waals surface area contributed by atoms with E-state index < -0.39 is 0 Å². The zero-order valence-electron chi connectivity index (χ0n) is 7.16. The van der Waals surface area contributed by atoms with Crippen LogP contribution in [0.25, 0.3) is 0 Å². The molecule has 0 aliphatic heterocycles. The van der Waals surface area contributed by atoms with Gasteiger partial charge in [0.25, 0.3) is 5.56 Å². The molecule has 0 saturated heterocycles. The van der Waals surface area contributed by atoms with Gasteiger partial charge in [-0.05, 0) is 22.6 Å². The van der Waals surface area contributed by atoms with Crippen molar-refractivity contribution in [2.24, 2.45) is 7.05 Å². The van der Waals surface area contributed by atoms with Crippen LogP contribution in [0.3, 0.4) is 0 Å². The molecule has 4 nitrogen and oxygen atoms in total. The number of rotatable bonds is 2. The molecule has 0 amide bonds. The van der Waals surface area contributed by atoms with Crippen molar-refractivity contribution in [1.29, 1.82) is 0 Å². The highest BCUT2D eigenvalue weighted by molar-refractivity contribution is 14.1. The van der Waals surface area contributed by atoms with Gasteiger partial charge in [-0.15, -0.1) is 6.58 Å². The summed E-state index contributed by atoms with van der Waals surface area (Å²) in [4.78, 5) is 22.8. The van der Waals surface area contributed by atoms with Crippen molar-refractivity contribution < 1.29 is 0 Å². The summed E-state index contributed by atoms with van der Waals surface area (Å²) < 4.78 is 3.06. The number of aromatic nitrogens is 2. The van der Waals surface area contributed by atoms with E-state index in [-0.39, 0.29) is 17.8 Å². The molecule has 0 spiro atoms. The Morgan fingerprint density at radius 3 is 2.77 bits per heavy atom. The van der Waals surface area contributed by atoms with Crippen LogP contribution in [0.2, 0.25) is 0 Å². The van der Waals surface area contributed by atoms with E-state index in [9.17, 15) is 9.59 Å². The second kappa shape index (κ2) is 3.91. The lowest BCUT2D eigenvalue weighted by molar-refractivity contribution is 0.643. The van der Waals surface area contributed by atoms with Gasteiger partial charge in [0.05, 0.1) is 3.57 Å². The van der Waals surface area contributed by atoms with Gasteiger partial charge in [-0.3, -0.25) is 9.36 Å². The summed E-state index contributed by atoms with van der Waals surface area (Å²) in [6.07, 6.45) is 3.05. The molecular formula is C8H9IN2O2. The SMILES string of the molecule is C=CCn1c(=O)c(I)cn(C)c1=O. The van der Waals surface area contributed by atoms with E-state index in [0.29, 0.717) is 3.57 Å². The molecule has 1 heterocycles. The lowest BCUT2D eigenvalue weighted by Crippen LogP contribution is -2.39. The van der Waals surface area contributed by atoms with Gasteiger partial charge in [0.1, 0.15) is 0 Å². The minimum Gasteiger partial charge on any atom is -0.302 e. The van der Waals surface area contributed by atoms with E-state index in [1.54, 1.807) is 7.05 Å². The highest BCUT2D eigenvalue weighted by Gasteiger charge is 2.05. The molecule has 70 valence electrons. The van der Waals surface area contributed by atoms with Gasteiger partial charge >= 0.3 is 5.69 Å². The van der Waals surface area contributed by atoms with Crippen LogP contribution in [0.1, 0.15) is 0 Å². The van der Waals surface area contributed by atoms with Crippen LogP contribution in [-0.4, -0.2) is 9.13 Å². The molecule has 0 unspecified atom stereocenters. The van der Waals surface area contributed by atoms with Gasteiger partial charge in [0.2, 0.25) is 0 Å². The predicted molar refractivity (Wildman–Crippen MR) is 58.9 cm³/mol. The van der Waals surface area contributed by atoms with Crippen molar-refractivity contribution >= 4 is 22.6 Å². The van der Waals surface area contributed by atoms with Gasteiger partial charge in [-0.2, -0.15) is 0 Å². The summed E-state index contributed by atoms with van der Waals surface area (Å²) >= 11 is 1.90. The van der Waals surface area contributed by atoms with Crippen LogP contribution in [0, 0.1) is 3.57 Å². The molecule has 0 saturated carbocycles. The number of hydrogen-bond donors (Lipinski definition) is 0. The van der Waals surface area contributed by atoms with Crippen molar-refractivity contribution in [1.82, 2.24) is 9.13 Å². The topological polar surface area (TPSA) is 44.0 Å². The first kappa shape index (κ1) is 10.2. The third kappa shape index (κ3) is 1.90. The maximum Gasteiger partial charge on any atom is 0.331 e. The number of allylic oxidation sites excluding steroid dienone is 1. The van der Waals surface area contributed by atoms with Crippen molar-refractivity contribution in [3.63, 3.8) is 0 Å². The molecular weight excluding hydrogens is 283 g/mol. The minimum absolute atomic E-state index is 0.252. The average molecular weight is 292 g/mol. The van der Waals surface area contributed by atoms with Crippen molar-refractivity contribution in [2.75, 3.05) is 0 Å². The van der Waals surface area contributed by atoms with E-state index in [0.717, 1.165) is 4.57 Å². The Bertz CT molecular complexity index is 410. The van der Waals surface area contributed by atoms with Gasteiger partial charge in [0.15, 0.2) is 0 Å². The summed E-state index contributed by atoms with van der Waals surface area (Å²) in [5.74, 6) is 0. The third-order valence-corrected chi connectivity index (χ3v) is 2.34. The summed E-state index contributed by atoms with van der Waals surface area (Å²) in [6, 6.07) is 0. The molecule has 1 aromatic rings. The van der Waals surface area contributed by atoms with E-state index in [4.69, 9.17) is 0 Å².